The monoisotopic (exact) mass is 153 g/mol. The largest absolute Gasteiger partial charge is 0.382 e. The van der Waals surface area contributed by atoms with Gasteiger partial charge in [-0.25, -0.2) is 4.98 Å². The number of nitrogens with zero attached hydrogens (tertiary/aromatic N) is 2. The van der Waals surface area contributed by atoms with Gasteiger partial charge in [0.1, 0.15) is 11.5 Å². The van der Waals surface area contributed by atoms with E-state index in [1.807, 2.05) is 0 Å². The van der Waals surface area contributed by atoms with Gasteiger partial charge in [-0.3, -0.25) is 5.41 Å². The first-order valence-electron chi connectivity index (χ1n) is 3.18. The number of amidine groups is 1. The van der Waals surface area contributed by atoms with E-state index in [1.165, 1.54) is 6.33 Å². The molecular formula is C6H11N5. The van der Waals surface area contributed by atoms with Crippen LogP contribution in [0.25, 0.3) is 0 Å². The molecule has 0 aliphatic rings. The molecule has 0 saturated heterocycles. The van der Waals surface area contributed by atoms with Crippen LogP contribution in [0.2, 0.25) is 0 Å². The number of anilines is 1. The van der Waals surface area contributed by atoms with Gasteiger partial charge < -0.3 is 15.6 Å². The topological polar surface area (TPSA) is 81.8 Å². The summed E-state index contributed by atoms with van der Waals surface area (Å²) in [6, 6.07) is 0. The second-order valence-electron chi connectivity index (χ2n) is 2.41. The molecule has 0 atom stereocenters. The van der Waals surface area contributed by atoms with Crippen molar-refractivity contribution in [3.05, 3.63) is 12.0 Å². The summed E-state index contributed by atoms with van der Waals surface area (Å²) in [6.45, 7) is 0. The van der Waals surface area contributed by atoms with Gasteiger partial charge in [-0.1, -0.05) is 0 Å². The molecule has 0 aromatic carbocycles. The summed E-state index contributed by atoms with van der Waals surface area (Å²) < 4.78 is 0. The van der Waals surface area contributed by atoms with E-state index >= 15 is 0 Å². The van der Waals surface area contributed by atoms with Crippen LogP contribution in [0, 0.1) is 5.41 Å². The molecule has 1 aromatic rings. The second-order valence-corrected chi connectivity index (χ2v) is 2.41. The van der Waals surface area contributed by atoms with Gasteiger partial charge in [0.15, 0.2) is 5.82 Å². The zero-order chi connectivity index (χ0) is 8.43. The maximum atomic E-state index is 7.52. The maximum absolute atomic E-state index is 7.52. The Balaban J connectivity index is 2.93. The first kappa shape index (κ1) is 7.59. The first-order chi connectivity index (χ1) is 5.13. The van der Waals surface area contributed by atoms with Crippen LogP contribution in [0.4, 0.5) is 5.82 Å². The van der Waals surface area contributed by atoms with Crippen molar-refractivity contribution in [1.82, 2.24) is 14.9 Å². The minimum Gasteiger partial charge on any atom is -0.382 e. The molecule has 0 saturated carbocycles. The molecule has 0 aliphatic heterocycles. The fourth-order valence-corrected chi connectivity index (χ4v) is 0.718. The number of hydrogen-bond acceptors (Lipinski definition) is 3. The van der Waals surface area contributed by atoms with Gasteiger partial charge in [0.25, 0.3) is 0 Å². The third-order valence-corrected chi connectivity index (χ3v) is 1.35. The molecule has 0 spiro atoms. The van der Waals surface area contributed by atoms with Crippen LogP contribution in [-0.2, 0) is 0 Å². The summed E-state index contributed by atoms with van der Waals surface area (Å²) in [6.07, 6.45) is 1.47. The molecule has 4 N–H and O–H groups in total. The lowest BCUT2D eigenvalue weighted by Gasteiger charge is -2.11. The summed E-state index contributed by atoms with van der Waals surface area (Å²) in [4.78, 5) is 8.22. The summed E-state index contributed by atoms with van der Waals surface area (Å²) in [7, 11) is 3.56. The van der Waals surface area contributed by atoms with E-state index in [2.05, 4.69) is 9.97 Å². The highest BCUT2D eigenvalue weighted by Crippen LogP contribution is 2.05. The molecule has 1 aromatic heterocycles. The van der Waals surface area contributed by atoms with Crippen LogP contribution in [0.1, 0.15) is 5.69 Å². The predicted octanol–water partition coefficient (Wildman–Crippen LogP) is -0.121. The van der Waals surface area contributed by atoms with Gasteiger partial charge in [-0.2, -0.15) is 0 Å². The molecular weight excluding hydrogens is 142 g/mol. The Kier molecular flexibility index (Phi) is 1.80. The lowest BCUT2D eigenvalue weighted by molar-refractivity contribution is 0.617. The third-order valence-electron chi connectivity index (χ3n) is 1.35. The van der Waals surface area contributed by atoms with Gasteiger partial charge in [-0.15, -0.1) is 0 Å². The van der Waals surface area contributed by atoms with Crippen molar-refractivity contribution in [2.75, 3.05) is 19.8 Å². The number of aromatic amines is 1. The molecule has 1 heterocycles. The van der Waals surface area contributed by atoms with E-state index in [0.717, 1.165) is 0 Å². The van der Waals surface area contributed by atoms with Crippen LogP contribution >= 0.6 is 0 Å². The van der Waals surface area contributed by atoms with Gasteiger partial charge in [0.2, 0.25) is 0 Å². The van der Waals surface area contributed by atoms with Crippen molar-refractivity contribution < 1.29 is 0 Å². The summed E-state index contributed by atoms with van der Waals surface area (Å²) >= 11 is 0. The Bertz CT molecular complexity index is 262. The van der Waals surface area contributed by atoms with E-state index in [-0.39, 0.29) is 0 Å². The van der Waals surface area contributed by atoms with Crippen molar-refractivity contribution in [3.8, 4) is 0 Å². The fourth-order valence-electron chi connectivity index (χ4n) is 0.718. The highest BCUT2D eigenvalue weighted by Gasteiger charge is 2.08. The Labute approximate surface area is 64.7 Å². The van der Waals surface area contributed by atoms with Crippen LogP contribution in [-0.4, -0.2) is 34.8 Å². The number of nitrogen functional groups attached to an aromatic ring is 1. The zero-order valence-corrected chi connectivity index (χ0v) is 6.55. The highest BCUT2D eigenvalue weighted by molar-refractivity contribution is 5.97. The summed E-state index contributed by atoms with van der Waals surface area (Å²) in [5, 5.41) is 7.52. The van der Waals surface area contributed by atoms with Crippen molar-refractivity contribution in [2.45, 2.75) is 0 Å². The highest BCUT2D eigenvalue weighted by atomic mass is 15.1. The smallest absolute Gasteiger partial charge is 0.152 e. The van der Waals surface area contributed by atoms with Crippen LogP contribution in [0.3, 0.4) is 0 Å². The zero-order valence-electron chi connectivity index (χ0n) is 6.55. The van der Waals surface area contributed by atoms with Gasteiger partial charge >= 0.3 is 0 Å². The number of nitrogens with two attached hydrogens (primary N) is 1. The van der Waals surface area contributed by atoms with Crippen LogP contribution in [0.15, 0.2) is 6.33 Å². The molecule has 0 amide bonds. The molecule has 5 nitrogen and oxygen atoms in total. The lowest BCUT2D eigenvalue weighted by atomic mass is 10.4. The fraction of sp³-hybridized carbons (Fsp3) is 0.333. The quantitative estimate of drug-likeness (QED) is 0.388. The SMILES string of the molecule is CN(C)C(=N)c1[nH]cnc1N. The molecule has 0 bridgehead atoms. The minimum atomic E-state index is 0.333. The number of H-pyrrole nitrogens is 1. The number of aromatic nitrogens is 2. The predicted molar refractivity (Wildman–Crippen MR) is 43.5 cm³/mol. The van der Waals surface area contributed by atoms with Gasteiger partial charge in [-0.05, 0) is 0 Å². The lowest BCUT2D eigenvalue weighted by Crippen LogP contribution is -2.23. The number of nitrogens with one attached hydrogen (secondary N) is 2. The molecule has 11 heavy (non-hydrogen) atoms. The van der Waals surface area contributed by atoms with Gasteiger partial charge in [0, 0.05) is 14.1 Å². The Morgan fingerprint density at radius 3 is 2.73 bits per heavy atom. The molecule has 0 radical (unpaired) electrons. The van der Waals surface area contributed by atoms with Gasteiger partial charge in [0.05, 0.1) is 6.33 Å². The Morgan fingerprint density at radius 1 is 1.73 bits per heavy atom. The van der Waals surface area contributed by atoms with E-state index in [1.54, 1.807) is 19.0 Å². The number of rotatable bonds is 1. The maximum Gasteiger partial charge on any atom is 0.152 e. The molecule has 1 rings (SSSR count). The molecule has 0 aliphatic carbocycles. The average molecular weight is 153 g/mol. The number of imidazole rings is 1. The summed E-state index contributed by atoms with van der Waals surface area (Å²) in [5.74, 6) is 0.698. The first-order valence-corrected chi connectivity index (χ1v) is 3.18. The third kappa shape index (κ3) is 1.31. The average Bonchev–Trinajstić information content (AvgIpc) is 2.33. The van der Waals surface area contributed by atoms with E-state index < -0.39 is 0 Å². The molecule has 0 fully saturated rings. The van der Waals surface area contributed by atoms with E-state index in [0.29, 0.717) is 17.3 Å². The minimum absolute atomic E-state index is 0.333. The Morgan fingerprint density at radius 2 is 2.36 bits per heavy atom. The van der Waals surface area contributed by atoms with Crippen LogP contribution in [0.5, 0.6) is 0 Å². The summed E-state index contributed by atoms with van der Waals surface area (Å²) in [5.41, 5.74) is 6.03. The van der Waals surface area contributed by atoms with E-state index in [4.69, 9.17) is 11.1 Å². The van der Waals surface area contributed by atoms with Crippen molar-refractivity contribution in [1.29, 1.82) is 5.41 Å². The molecule has 5 heteroatoms. The standard InChI is InChI=1S/C6H11N5/c1-11(2)6(8)4-5(7)10-3-9-4/h3,8H,7H2,1-2H3,(H,9,10). The normalized spacial score (nSPS) is 9.64. The van der Waals surface area contributed by atoms with E-state index in [9.17, 15) is 0 Å². The Hall–Kier alpha value is -1.52. The van der Waals surface area contributed by atoms with Crippen LogP contribution < -0.4 is 5.73 Å². The van der Waals surface area contributed by atoms with Crippen molar-refractivity contribution in [2.24, 2.45) is 0 Å². The molecule has 60 valence electrons. The number of hydrogen-bond donors (Lipinski definition) is 3. The van der Waals surface area contributed by atoms with Crippen molar-refractivity contribution >= 4 is 11.7 Å². The molecule has 0 unspecified atom stereocenters. The van der Waals surface area contributed by atoms with Crippen molar-refractivity contribution in [3.63, 3.8) is 0 Å². The second kappa shape index (κ2) is 2.61.